The van der Waals surface area contributed by atoms with Crippen molar-refractivity contribution in [1.82, 2.24) is 10.2 Å². The largest absolute Gasteiger partial charge is 0.468 e. The van der Waals surface area contributed by atoms with Crippen LogP contribution < -0.4 is 5.32 Å². The summed E-state index contributed by atoms with van der Waals surface area (Å²) in [6.07, 6.45) is 4.03. The lowest BCUT2D eigenvalue weighted by molar-refractivity contribution is -0.148. The number of methoxy groups -OCH3 is 1. The fourth-order valence-electron chi connectivity index (χ4n) is 2.53. The highest BCUT2D eigenvalue weighted by Gasteiger charge is 2.35. The molecule has 0 spiro atoms. The standard InChI is InChI=1S/C13H26N2O2/c1-5-14-13(2,12(16)17-4)10-15(3)9-11-7-6-8-11/h11,14H,5-10H2,1-4H3. The van der Waals surface area contributed by atoms with Crippen molar-refractivity contribution in [1.29, 1.82) is 0 Å². The van der Waals surface area contributed by atoms with Crippen LogP contribution in [0.4, 0.5) is 0 Å². The molecule has 0 heterocycles. The summed E-state index contributed by atoms with van der Waals surface area (Å²) in [6.45, 7) is 6.47. The van der Waals surface area contributed by atoms with Crippen molar-refractivity contribution in [2.24, 2.45) is 5.92 Å². The molecule has 1 aliphatic rings. The average Bonchev–Trinajstić information content (AvgIpc) is 2.22. The minimum absolute atomic E-state index is 0.181. The zero-order chi connectivity index (χ0) is 12.9. The Labute approximate surface area is 105 Å². The number of nitrogens with one attached hydrogen (secondary N) is 1. The topological polar surface area (TPSA) is 41.6 Å². The van der Waals surface area contributed by atoms with Gasteiger partial charge in [-0.3, -0.25) is 4.79 Å². The zero-order valence-corrected chi connectivity index (χ0v) is 11.6. The van der Waals surface area contributed by atoms with Crippen molar-refractivity contribution in [3.63, 3.8) is 0 Å². The summed E-state index contributed by atoms with van der Waals surface area (Å²) in [4.78, 5) is 14.1. The Morgan fingerprint density at radius 3 is 2.59 bits per heavy atom. The Hall–Kier alpha value is -0.610. The predicted molar refractivity (Wildman–Crippen MR) is 68.9 cm³/mol. The van der Waals surface area contributed by atoms with Crippen molar-refractivity contribution in [3.05, 3.63) is 0 Å². The van der Waals surface area contributed by atoms with Gasteiger partial charge in [-0.15, -0.1) is 0 Å². The monoisotopic (exact) mass is 242 g/mol. The van der Waals surface area contributed by atoms with Gasteiger partial charge < -0.3 is 15.0 Å². The Kier molecular flexibility index (Phi) is 5.40. The van der Waals surface area contributed by atoms with Gasteiger partial charge in [0.2, 0.25) is 0 Å². The first kappa shape index (κ1) is 14.5. The lowest BCUT2D eigenvalue weighted by Crippen LogP contribution is -2.57. The Balaban J connectivity index is 2.48. The van der Waals surface area contributed by atoms with Crippen LogP contribution in [-0.2, 0) is 9.53 Å². The molecular weight excluding hydrogens is 216 g/mol. The second kappa shape index (κ2) is 6.36. The smallest absolute Gasteiger partial charge is 0.327 e. The number of hydrogen-bond acceptors (Lipinski definition) is 4. The number of hydrogen-bond donors (Lipinski definition) is 1. The SMILES string of the molecule is CCNC(C)(CN(C)CC1CCC1)C(=O)OC. The zero-order valence-electron chi connectivity index (χ0n) is 11.6. The number of ether oxygens (including phenoxy) is 1. The summed E-state index contributed by atoms with van der Waals surface area (Å²) in [7, 11) is 3.53. The van der Waals surface area contributed by atoms with Crippen molar-refractivity contribution in [3.8, 4) is 0 Å². The molecule has 1 N–H and O–H groups in total. The molecule has 0 radical (unpaired) electrons. The van der Waals surface area contributed by atoms with Crippen LogP contribution in [0.3, 0.4) is 0 Å². The molecule has 1 unspecified atom stereocenters. The molecule has 4 nitrogen and oxygen atoms in total. The molecule has 1 atom stereocenters. The molecule has 100 valence electrons. The highest BCUT2D eigenvalue weighted by atomic mass is 16.5. The van der Waals surface area contributed by atoms with Gasteiger partial charge in [-0.05, 0) is 39.3 Å². The third-order valence-electron chi connectivity index (χ3n) is 3.58. The van der Waals surface area contributed by atoms with Crippen LogP contribution in [0.5, 0.6) is 0 Å². The van der Waals surface area contributed by atoms with Gasteiger partial charge in [0, 0.05) is 13.1 Å². The van der Waals surface area contributed by atoms with Gasteiger partial charge >= 0.3 is 5.97 Å². The second-order valence-corrected chi connectivity index (χ2v) is 5.35. The number of likely N-dealkylation sites (N-methyl/N-ethyl adjacent to an activating group) is 2. The fourth-order valence-corrected chi connectivity index (χ4v) is 2.53. The number of esters is 1. The molecule has 4 heteroatoms. The molecule has 17 heavy (non-hydrogen) atoms. The van der Waals surface area contributed by atoms with E-state index in [1.54, 1.807) is 0 Å². The molecule has 1 saturated carbocycles. The van der Waals surface area contributed by atoms with E-state index < -0.39 is 5.54 Å². The third kappa shape index (κ3) is 3.96. The maximum Gasteiger partial charge on any atom is 0.327 e. The highest BCUT2D eigenvalue weighted by molar-refractivity contribution is 5.80. The highest BCUT2D eigenvalue weighted by Crippen LogP contribution is 2.27. The molecule has 0 aromatic rings. The van der Waals surface area contributed by atoms with Crippen LogP contribution in [0.25, 0.3) is 0 Å². The summed E-state index contributed by atoms with van der Waals surface area (Å²) >= 11 is 0. The molecule has 0 aliphatic heterocycles. The van der Waals surface area contributed by atoms with Gasteiger partial charge in [0.15, 0.2) is 0 Å². The van der Waals surface area contributed by atoms with E-state index in [9.17, 15) is 4.79 Å². The Bertz CT molecular complexity index is 254. The van der Waals surface area contributed by atoms with E-state index in [-0.39, 0.29) is 5.97 Å². The van der Waals surface area contributed by atoms with E-state index in [1.165, 1.54) is 26.4 Å². The van der Waals surface area contributed by atoms with Gasteiger partial charge in [-0.2, -0.15) is 0 Å². The van der Waals surface area contributed by atoms with Crippen molar-refractivity contribution < 1.29 is 9.53 Å². The van der Waals surface area contributed by atoms with Gasteiger partial charge in [-0.25, -0.2) is 0 Å². The van der Waals surface area contributed by atoms with Crippen LogP contribution >= 0.6 is 0 Å². The fraction of sp³-hybridized carbons (Fsp3) is 0.923. The van der Waals surface area contributed by atoms with Crippen molar-refractivity contribution >= 4 is 5.97 Å². The average molecular weight is 242 g/mol. The lowest BCUT2D eigenvalue weighted by atomic mass is 9.85. The molecule has 0 aromatic heterocycles. The molecule has 0 aromatic carbocycles. The van der Waals surface area contributed by atoms with Crippen LogP contribution in [-0.4, -0.2) is 50.2 Å². The maximum atomic E-state index is 11.8. The number of rotatable bonds is 7. The molecule has 1 aliphatic carbocycles. The number of nitrogens with zero attached hydrogens (tertiary/aromatic N) is 1. The number of carbonyl (C=O) groups excluding carboxylic acids is 1. The van der Waals surface area contributed by atoms with Gasteiger partial charge in [0.25, 0.3) is 0 Å². The molecule has 1 rings (SSSR count). The van der Waals surface area contributed by atoms with Crippen LogP contribution in [0.1, 0.15) is 33.1 Å². The normalized spacial score (nSPS) is 19.8. The Morgan fingerprint density at radius 2 is 2.18 bits per heavy atom. The van der Waals surface area contributed by atoms with Crippen molar-refractivity contribution in [2.45, 2.75) is 38.6 Å². The van der Waals surface area contributed by atoms with E-state index in [1.807, 2.05) is 13.8 Å². The quantitative estimate of drug-likeness (QED) is 0.682. The first-order valence-corrected chi connectivity index (χ1v) is 6.54. The molecule has 0 amide bonds. The van der Waals surface area contributed by atoms with E-state index in [2.05, 4.69) is 17.3 Å². The molecule has 0 bridgehead atoms. The summed E-state index contributed by atoms with van der Waals surface area (Å²) in [5.41, 5.74) is -0.595. The summed E-state index contributed by atoms with van der Waals surface area (Å²) in [6, 6.07) is 0. The molecule has 0 saturated heterocycles. The van der Waals surface area contributed by atoms with Crippen LogP contribution in [0.15, 0.2) is 0 Å². The first-order chi connectivity index (χ1) is 8.01. The predicted octanol–water partition coefficient (Wildman–Crippen LogP) is 1.26. The summed E-state index contributed by atoms with van der Waals surface area (Å²) in [5.74, 6) is 0.642. The van der Waals surface area contributed by atoms with Gasteiger partial charge in [-0.1, -0.05) is 13.3 Å². The maximum absolute atomic E-state index is 11.8. The minimum Gasteiger partial charge on any atom is -0.468 e. The van der Waals surface area contributed by atoms with Crippen LogP contribution in [0.2, 0.25) is 0 Å². The minimum atomic E-state index is -0.595. The van der Waals surface area contributed by atoms with Gasteiger partial charge in [0.1, 0.15) is 5.54 Å². The van der Waals surface area contributed by atoms with Gasteiger partial charge in [0.05, 0.1) is 7.11 Å². The first-order valence-electron chi connectivity index (χ1n) is 6.54. The lowest BCUT2D eigenvalue weighted by Gasteiger charge is -2.35. The van der Waals surface area contributed by atoms with E-state index in [4.69, 9.17) is 4.74 Å². The molecule has 1 fully saturated rings. The van der Waals surface area contributed by atoms with Crippen LogP contribution in [0, 0.1) is 5.92 Å². The van der Waals surface area contributed by atoms with Crippen molar-refractivity contribution in [2.75, 3.05) is 33.8 Å². The Morgan fingerprint density at radius 1 is 1.53 bits per heavy atom. The third-order valence-corrected chi connectivity index (χ3v) is 3.58. The van der Waals surface area contributed by atoms with E-state index in [0.29, 0.717) is 6.54 Å². The van der Waals surface area contributed by atoms with E-state index in [0.717, 1.165) is 19.0 Å². The van der Waals surface area contributed by atoms with E-state index >= 15 is 0 Å². The number of carbonyl (C=O) groups is 1. The second-order valence-electron chi connectivity index (χ2n) is 5.35. The molecular formula is C13H26N2O2. The summed E-state index contributed by atoms with van der Waals surface area (Å²) < 4.78 is 4.89. The summed E-state index contributed by atoms with van der Waals surface area (Å²) in [5, 5.41) is 3.23.